The lowest BCUT2D eigenvalue weighted by atomic mass is 10.6. The molecule has 0 aliphatic carbocycles. The topological polar surface area (TPSA) is 73.9 Å². The van der Waals surface area contributed by atoms with Gasteiger partial charge in [-0.05, 0) is 6.58 Å². The smallest absolute Gasteiger partial charge is 0.329 e. The molecule has 1 atom stereocenters. The summed E-state index contributed by atoms with van der Waals surface area (Å²) in [6.45, 7) is 6.00. The molecular formula is C7H15N2O4S+. The highest BCUT2D eigenvalue weighted by molar-refractivity contribution is 7.80. The Morgan fingerprint density at radius 3 is 2.36 bits per heavy atom. The molecule has 0 spiro atoms. The lowest BCUT2D eigenvalue weighted by molar-refractivity contribution is -0.732. The zero-order valence-corrected chi connectivity index (χ0v) is 9.08. The molecule has 0 aromatic rings. The van der Waals surface area contributed by atoms with E-state index in [0.29, 0.717) is 0 Å². The number of quaternary nitrogens is 1. The standard InChI is InChI=1S/C6H11N2.CH4O4S/c1-3-8-5-4-7(2)6-8;1-5-6(2,3)4/h3,6H,1,4-5H2,2H3;1H3,(H,2,3,4)/q+1;. The van der Waals surface area contributed by atoms with E-state index in [9.17, 15) is 13.0 Å². The second kappa shape index (κ2) is 5.86. The van der Waals surface area contributed by atoms with Crippen molar-refractivity contribution in [1.29, 1.82) is 0 Å². The summed E-state index contributed by atoms with van der Waals surface area (Å²) in [5.41, 5.74) is 0. The van der Waals surface area contributed by atoms with Crippen LogP contribution in [0.1, 0.15) is 0 Å². The lowest BCUT2D eigenvalue weighted by Crippen LogP contribution is -3.05. The molecule has 1 aliphatic rings. The first-order chi connectivity index (χ1) is 6.39. The molecule has 0 saturated heterocycles. The molecule has 14 heavy (non-hydrogen) atoms. The van der Waals surface area contributed by atoms with Crippen LogP contribution in [0.3, 0.4) is 0 Å². The molecule has 0 aromatic carbocycles. The predicted molar refractivity (Wildman–Crippen MR) is 49.8 cm³/mol. The zero-order chi connectivity index (χ0) is 11.2. The fourth-order valence-corrected chi connectivity index (χ4v) is 0.872. The molecule has 1 rings (SSSR count). The van der Waals surface area contributed by atoms with E-state index >= 15 is 0 Å². The van der Waals surface area contributed by atoms with E-state index in [2.05, 4.69) is 28.7 Å². The summed E-state index contributed by atoms with van der Waals surface area (Å²) in [5, 5.41) is 0. The minimum Gasteiger partial charge on any atom is -0.726 e. The Hall–Kier alpha value is -0.760. The first kappa shape index (κ1) is 13.2. The number of nitrogens with one attached hydrogen (secondary N) is 1. The van der Waals surface area contributed by atoms with Crippen LogP contribution in [-0.2, 0) is 14.6 Å². The number of likely N-dealkylation sites (N-methyl/N-ethyl adjacent to an activating group) is 1. The molecule has 1 N–H and O–H groups in total. The number of hydrogen-bond acceptors (Lipinski definition) is 4. The Bertz CT molecular complexity index is 310. The van der Waals surface area contributed by atoms with E-state index < -0.39 is 10.4 Å². The normalized spacial score (nSPS) is 20.8. The molecule has 1 unspecified atom stereocenters. The van der Waals surface area contributed by atoms with Crippen LogP contribution < -0.4 is 4.90 Å². The van der Waals surface area contributed by atoms with Crippen molar-refractivity contribution < 1.29 is 26.6 Å². The molecule has 0 bridgehead atoms. The Morgan fingerprint density at radius 2 is 2.21 bits per heavy atom. The molecule has 0 saturated carbocycles. The van der Waals surface area contributed by atoms with Gasteiger partial charge in [0.1, 0.15) is 13.6 Å². The highest BCUT2D eigenvalue weighted by atomic mass is 32.3. The van der Waals surface area contributed by atoms with Crippen LogP contribution in [0.5, 0.6) is 0 Å². The van der Waals surface area contributed by atoms with Gasteiger partial charge >= 0.3 is 6.34 Å². The summed E-state index contributed by atoms with van der Waals surface area (Å²) in [6, 6.07) is 0. The summed E-state index contributed by atoms with van der Waals surface area (Å²) in [4.78, 5) is 1.35. The van der Waals surface area contributed by atoms with E-state index in [1.165, 1.54) is 11.4 Å². The van der Waals surface area contributed by atoms with Crippen molar-refractivity contribution >= 4 is 16.7 Å². The molecule has 0 amide bonds. The van der Waals surface area contributed by atoms with Crippen LogP contribution in [0.4, 0.5) is 0 Å². The van der Waals surface area contributed by atoms with Gasteiger partial charge < -0.3 is 4.55 Å². The van der Waals surface area contributed by atoms with Crippen molar-refractivity contribution in [3.05, 3.63) is 12.8 Å². The van der Waals surface area contributed by atoms with Crippen molar-refractivity contribution in [2.45, 2.75) is 0 Å². The van der Waals surface area contributed by atoms with Crippen LogP contribution in [0.25, 0.3) is 0 Å². The van der Waals surface area contributed by atoms with Crippen molar-refractivity contribution in [1.82, 2.24) is 0 Å². The van der Waals surface area contributed by atoms with E-state index in [1.54, 1.807) is 0 Å². The van der Waals surface area contributed by atoms with Gasteiger partial charge in [0, 0.05) is 0 Å². The molecule has 1 heterocycles. The highest BCUT2D eigenvalue weighted by Crippen LogP contribution is 1.74. The molecular weight excluding hydrogens is 208 g/mol. The number of nitrogens with zero attached hydrogens (tertiary/aromatic N) is 1. The van der Waals surface area contributed by atoms with Gasteiger partial charge in [0.25, 0.3) is 0 Å². The summed E-state index contributed by atoms with van der Waals surface area (Å²) in [7, 11) is -1.52. The third kappa shape index (κ3) is 6.72. The van der Waals surface area contributed by atoms with Crippen LogP contribution in [-0.4, -0.2) is 51.1 Å². The van der Waals surface area contributed by atoms with Crippen LogP contribution in [0.2, 0.25) is 0 Å². The van der Waals surface area contributed by atoms with E-state index in [1.807, 2.05) is 6.20 Å². The molecule has 1 aliphatic heterocycles. The van der Waals surface area contributed by atoms with Crippen molar-refractivity contribution in [3.8, 4) is 0 Å². The molecule has 82 valence electrons. The third-order valence-corrected chi connectivity index (χ3v) is 2.01. The molecule has 0 aromatic heterocycles. The van der Waals surface area contributed by atoms with Crippen LogP contribution in [0, 0.1) is 0 Å². The van der Waals surface area contributed by atoms with E-state index in [4.69, 9.17) is 0 Å². The predicted octanol–water partition coefficient (Wildman–Crippen LogP) is -2.21. The highest BCUT2D eigenvalue weighted by Gasteiger charge is 2.16. The van der Waals surface area contributed by atoms with Gasteiger partial charge in [-0.2, -0.15) is 4.58 Å². The second-order valence-corrected chi connectivity index (χ2v) is 3.86. The van der Waals surface area contributed by atoms with E-state index in [0.717, 1.165) is 13.7 Å². The Morgan fingerprint density at radius 1 is 1.71 bits per heavy atom. The van der Waals surface area contributed by atoms with Gasteiger partial charge in [-0.3, -0.25) is 4.18 Å². The van der Waals surface area contributed by atoms with E-state index in [-0.39, 0.29) is 0 Å². The monoisotopic (exact) mass is 223 g/mol. The quantitative estimate of drug-likeness (QED) is 0.327. The molecule has 0 radical (unpaired) electrons. The SMILES string of the molecule is C=C[NH+]1C=[N+](C)CC1.COS(=O)(=O)[O-]. The van der Waals surface area contributed by atoms with Gasteiger partial charge in [-0.1, -0.05) is 0 Å². The van der Waals surface area contributed by atoms with Gasteiger partial charge in [-0.15, -0.1) is 0 Å². The number of rotatable bonds is 2. The Kier molecular flexibility index (Phi) is 5.55. The van der Waals surface area contributed by atoms with Crippen molar-refractivity contribution in [2.75, 3.05) is 27.2 Å². The summed E-state index contributed by atoms with van der Waals surface area (Å²) in [6.07, 6.45) is 4.05. The fourth-order valence-electron chi connectivity index (χ4n) is 0.872. The fraction of sp³-hybridized carbons (Fsp3) is 0.571. The number of hydrogen-bond donors (Lipinski definition) is 1. The summed E-state index contributed by atoms with van der Waals surface area (Å²) in [5.74, 6) is 0. The average Bonchev–Trinajstić information content (AvgIpc) is 2.51. The van der Waals surface area contributed by atoms with Gasteiger partial charge in [0.15, 0.2) is 6.54 Å². The average molecular weight is 223 g/mol. The van der Waals surface area contributed by atoms with Gasteiger partial charge in [0.05, 0.1) is 13.3 Å². The Balaban J connectivity index is 0.000000255. The maximum atomic E-state index is 9.22. The maximum absolute atomic E-state index is 9.22. The maximum Gasteiger partial charge on any atom is 0.329 e. The Labute approximate surface area is 84.1 Å². The minimum atomic E-state index is -4.41. The first-order valence-electron chi connectivity index (χ1n) is 3.94. The summed E-state index contributed by atoms with van der Waals surface area (Å²) >= 11 is 0. The van der Waals surface area contributed by atoms with Crippen molar-refractivity contribution in [2.24, 2.45) is 0 Å². The second-order valence-electron chi connectivity index (χ2n) is 2.71. The van der Waals surface area contributed by atoms with Crippen molar-refractivity contribution in [3.63, 3.8) is 0 Å². The lowest BCUT2D eigenvalue weighted by Gasteiger charge is -1.98. The zero-order valence-electron chi connectivity index (χ0n) is 8.26. The van der Waals surface area contributed by atoms with Gasteiger partial charge in [0.2, 0.25) is 10.4 Å². The van der Waals surface area contributed by atoms with Crippen LogP contribution in [0.15, 0.2) is 12.8 Å². The molecule has 7 heteroatoms. The first-order valence-corrected chi connectivity index (χ1v) is 5.27. The minimum absolute atomic E-state index is 0.808. The van der Waals surface area contributed by atoms with Gasteiger partial charge in [-0.25, -0.2) is 13.3 Å². The summed E-state index contributed by atoms with van der Waals surface area (Å²) < 4.78 is 33.2. The largest absolute Gasteiger partial charge is 0.726 e. The van der Waals surface area contributed by atoms with Crippen LogP contribution >= 0.6 is 0 Å². The third-order valence-electron chi connectivity index (χ3n) is 1.61. The molecule has 6 nitrogen and oxygen atoms in total. The molecule has 0 fully saturated rings.